The smallest absolute Gasteiger partial charge is 0.240 e. The van der Waals surface area contributed by atoms with E-state index in [9.17, 15) is 0 Å². The van der Waals surface area contributed by atoms with Crippen LogP contribution in [0.3, 0.4) is 0 Å². The van der Waals surface area contributed by atoms with Crippen LogP contribution >= 0.6 is 12.4 Å². The van der Waals surface area contributed by atoms with Crippen LogP contribution in [0.2, 0.25) is 0 Å². The van der Waals surface area contributed by atoms with E-state index >= 15 is 0 Å². The molecule has 1 saturated carbocycles. The molecule has 0 aliphatic heterocycles. The van der Waals surface area contributed by atoms with Gasteiger partial charge in [-0.2, -0.15) is 4.98 Å². The fourth-order valence-corrected chi connectivity index (χ4v) is 1.64. The molecular formula is C12H15ClN4O. The Kier molecular flexibility index (Phi) is 4.28. The maximum absolute atomic E-state index is 5.17. The molecule has 0 radical (unpaired) electrons. The zero-order valence-electron chi connectivity index (χ0n) is 9.87. The minimum Gasteiger partial charge on any atom is -0.338 e. The molecule has 1 fully saturated rings. The molecule has 1 N–H and O–H groups in total. The summed E-state index contributed by atoms with van der Waals surface area (Å²) in [7, 11) is 0. The van der Waals surface area contributed by atoms with E-state index in [1.807, 2.05) is 12.1 Å². The molecule has 2 aromatic rings. The van der Waals surface area contributed by atoms with Gasteiger partial charge in [0.1, 0.15) is 0 Å². The third kappa shape index (κ3) is 3.27. The van der Waals surface area contributed by atoms with E-state index in [4.69, 9.17) is 4.52 Å². The first-order chi connectivity index (χ1) is 8.42. The second-order valence-corrected chi connectivity index (χ2v) is 4.33. The highest BCUT2D eigenvalue weighted by Crippen LogP contribution is 2.27. The molecular weight excluding hydrogens is 252 g/mol. The molecule has 0 atom stereocenters. The van der Waals surface area contributed by atoms with E-state index < -0.39 is 0 Å². The maximum Gasteiger partial charge on any atom is 0.240 e. The second kappa shape index (κ2) is 5.93. The molecule has 3 rings (SSSR count). The maximum atomic E-state index is 5.17. The number of hydrogen-bond acceptors (Lipinski definition) is 5. The summed E-state index contributed by atoms with van der Waals surface area (Å²) in [6.07, 6.45) is 6.14. The van der Waals surface area contributed by atoms with Crippen molar-refractivity contribution in [3.8, 4) is 11.4 Å². The van der Waals surface area contributed by atoms with Crippen LogP contribution in [0.5, 0.6) is 0 Å². The fraction of sp³-hybridized carbons (Fsp3) is 0.417. The Morgan fingerprint density at radius 1 is 1.39 bits per heavy atom. The average Bonchev–Trinajstić information content (AvgIpc) is 3.07. The first-order valence-corrected chi connectivity index (χ1v) is 5.85. The molecule has 0 amide bonds. The zero-order valence-corrected chi connectivity index (χ0v) is 10.7. The lowest BCUT2D eigenvalue weighted by Gasteiger charge is -1.97. The number of rotatable bonds is 5. The van der Waals surface area contributed by atoms with Gasteiger partial charge in [-0.25, -0.2) is 0 Å². The van der Waals surface area contributed by atoms with Gasteiger partial charge < -0.3 is 9.84 Å². The summed E-state index contributed by atoms with van der Waals surface area (Å²) in [6, 6.07) is 3.77. The molecule has 1 aliphatic rings. The molecule has 0 saturated heterocycles. The lowest BCUT2D eigenvalue weighted by atomic mass is 10.3. The zero-order chi connectivity index (χ0) is 11.5. The summed E-state index contributed by atoms with van der Waals surface area (Å²) in [5, 5.41) is 7.25. The fourth-order valence-electron chi connectivity index (χ4n) is 1.64. The molecule has 0 bridgehead atoms. The van der Waals surface area contributed by atoms with E-state index in [0.717, 1.165) is 18.0 Å². The van der Waals surface area contributed by atoms with Crippen LogP contribution in [-0.2, 0) is 6.54 Å². The van der Waals surface area contributed by atoms with Crippen molar-refractivity contribution in [2.24, 2.45) is 5.92 Å². The monoisotopic (exact) mass is 266 g/mol. The first-order valence-electron chi connectivity index (χ1n) is 5.85. The summed E-state index contributed by atoms with van der Waals surface area (Å²) in [4.78, 5) is 8.34. The number of nitrogens with zero attached hydrogens (tertiary/aromatic N) is 3. The standard InChI is InChI=1S/C12H14N4O.ClH/c1-2-10(7-13-5-1)12-15-11(17-16-12)8-14-6-9-3-4-9;/h1-2,5,7,9,14H,3-4,6,8H2;1H. The average molecular weight is 267 g/mol. The third-order valence-corrected chi connectivity index (χ3v) is 2.79. The molecule has 5 nitrogen and oxygen atoms in total. The Labute approximate surface area is 111 Å². The van der Waals surface area contributed by atoms with Gasteiger partial charge in [-0.1, -0.05) is 5.16 Å². The molecule has 0 aromatic carbocycles. The first kappa shape index (κ1) is 13.0. The Hall–Kier alpha value is -1.46. The van der Waals surface area contributed by atoms with Crippen LogP contribution in [0.4, 0.5) is 0 Å². The number of aromatic nitrogens is 3. The molecule has 1 aliphatic carbocycles. The molecule has 2 aromatic heterocycles. The largest absolute Gasteiger partial charge is 0.338 e. The summed E-state index contributed by atoms with van der Waals surface area (Å²) >= 11 is 0. The highest BCUT2D eigenvalue weighted by molar-refractivity contribution is 5.85. The van der Waals surface area contributed by atoms with Crippen molar-refractivity contribution in [2.45, 2.75) is 19.4 Å². The normalized spacial score (nSPS) is 14.2. The van der Waals surface area contributed by atoms with Gasteiger partial charge in [-0.05, 0) is 37.4 Å². The molecule has 96 valence electrons. The van der Waals surface area contributed by atoms with Gasteiger partial charge in [0, 0.05) is 18.0 Å². The Morgan fingerprint density at radius 3 is 3.00 bits per heavy atom. The number of hydrogen-bond donors (Lipinski definition) is 1. The summed E-state index contributed by atoms with van der Waals surface area (Å²) < 4.78 is 5.17. The third-order valence-electron chi connectivity index (χ3n) is 2.79. The van der Waals surface area contributed by atoms with Crippen molar-refractivity contribution in [1.82, 2.24) is 20.4 Å². The Balaban J connectivity index is 0.00000120. The van der Waals surface area contributed by atoms with Gasteiger partial charge in [0.05, 0.1) is 6.54 Å². The van der Waals surface area contributed by atoms with Gasteiger partial charge >= 0.3 is 0 Å². The summed E-state index contributed by atoms with van der Waals surface area (Å²) in [6.45, 7) is 1.69. The van der Waals surface area contributed by atoms with Gasteiger partial charge in [-0.3, -0.25) is 4.98 Å². The van der Waals surface area contributed by atoms with Gasteiger partial charge in [0.15, 0.2) is 0 Å². The quantitative estimate of drug-likeness (QED) is 0.897. The van der Waals surface area contributed by atoms with Crippen LogP contribution in [0.25, 0.3) is 11.4 Å². The summed E-state index contributed by atoms with van der Waals surface area (Å²) in [5.41, 5.74) is 0.879. The lowest BCUT2D eigenvalue weighted by molar-refractivity contribution is 0.367. The minimum absolute atomic E-state index is 0. The number of halogens is 1. The highest BCUT2D eigenvalue weighted by Gasteiger charge is 2.20. The Morgan fingerprint density at radius 2 is 2.28 bits per heavy atom. The van der Waals surface area contributed by atoms with Crippen molar-refractivity contribution in [3.05, 3.63) is 30.4 Å². The van der Waals surface area contributed by atoms with Crippen LogP contribution in [0.1, 0.15) is 18.7 Å². The van der Waals surface area contributed by atoms with E-state index in [2.05, 4.69) is 20.4 Å². The molecule has 6 heteroatoms. The predicted octanol–water partition coefficient (Wildman–Crippen LogP) is 2.05. The minimum atomic E-state index is 0. The topological polar surface area (TPSA) is 63.8 Å². The van der Waals surface area contributed by atoms with Crippen LogP contribution in [0, 0.1) is 5.92 Å². The van der Waals surface area contributed by atoms with E-state index in [0.29, 0.717) is 18.3 Å². The van der Waals surface area contributed by atoms with Crippen molar-refractivity contribution in [2.75, 3.05) is 6.54 Å². The van der Waals surface area contributed by atoms with Crippen molar-refractivity contribution in [3.63, 3.8) is 0 Å². The van der Waals surface area contributed by atoms with Crippen LogP contribution < -0.4 is 5.32 Å². The van der Waals surface area contributed by atoms with Gasteiger partial charge in [0.2, 0.25) is 11.7 Å². The highest BCUT2D eigenvalue weighted by atomic mass is 35.5. The van der Waals surface area contributed by atoms with Gasteiger partial charge in [-0.15, -0.1) is 12.4 Å². The van der Waals surface area contributed by atoms with Crippen molar-refractivity contribution >= 4 is 12.4 Å². The number of pyridine rings is 1. The van der Waals surface area contributed by atoms with E-state index in [-0.39, 0.29) is 12.4 Å². The SMILES string of the molecule is Cl.c1cncc(-c2noc(CNCC3CC3)n2)c1. The predicted molar refractivity (Wildman–Crippen MR) is 69.2 cm³/mol. The van der Waals surface area contributed by atoms with Gasteiger partial charge in [0.25, 0.3) is 0 Å². The van der Waals surface area contributed by atoms with E-state index in [1.54, 1.807) is 12.4 Å². The lowest BCUT2D eigenvalue weighted by Crippen LogP contribution is -2.16. The molecule has 2 heterocycles. The summed E-state index contributed by atoms with van der Waals surface area (Å²) in [5.74, 6) is 2.08. The van der Waals surface area contributed by atoms with E-state index in [1.165, 1.54) is 12.8 Å². The van der Waals surface area contributed by atoms with Crippen molar-refractivity contribution < 1.29 is 4.52 Å². The number of nitrogens with one attached hydrogen (secondary N) is 1. The molecule has 18 heavy (non-hydrogen) atoms. The van der Waals surface area contributed by atoms with Crippen molar-refractivity contribution in [1.29, 1.82) is 0 Å². The second-order valence-electron chi connectivity index (χ2n) is 4.33. The van der Waals surface area contributed by atoms with Crippen LogP contribution in [-0.4, -0.2) is 21.7 Å². The molecule has 0 unspecified atom stereocenters. The molecule has 0 spiro atoms. The Bertz CT molecular complexity index is 484. The van der Waals surface area contributed by atoms with Crippen LogP contribution in [0.15, 0.2) is 29.0 Å².